The molecule has 1 saturated carbocycles. The van der Waals surface area contributed by atoms with E-state index in [1.54, 1.807) is 0 Å². The standard InChI is InChI=1S/C15H31NO3/c1-3-4-9-19-11-14(17)10-16-12-15(18)7-5-13(2)6-8-15/h13-14,16-18H,3-12H2,1-2H3. The maximum Gasteiger partial charge on any atom is 0.0897 e. The second-order valence-corrected chi connectivity index (χ2v) is 6.12. The predicted molar refractivity (Wildman–Crippen MR) is 77.2 cm³/mol. The van der Waals surface area contributed by atoms with Gasteiger partial charge >= 0.3 is 0 Å². The molecule has 0 aliphatic heterocycles. The molecular formula is C15H31NO3. The van der Waals surface area contributed by atoms with Crippen LogP contribution in [0, 0.1) is 5.92 Å². The Morgan fingerprint density at radius 3 is 2.68 bits per heavy atom. The highest BCUT2D eigenvalue weighted by atomic mass is 16.5. The lowest BCUT2D eigenvalue weighted by Crippen LogP contribution is -2.45. The van der Waals surface area contributed by atoms with E-state index < -0.39 is 11.7 Å². The fourth-order valence-electron chi connectivity index (χ4n) is 2.47. The smallest absolute Gasteiger partial charge is 0.0897 e. The predicted octanol–water partition coefficient (Wildman–Crippen LogP) is 1.69. The SMILES string of the molecule is CCCCOCC(O)CNCC1(O)CCC(C)CC1. The first-order valence-corrected chi connectivity index (χ1v) is 7.74. The van der Waals surface area contributed by atoms with Crippen molar-refractivity contribution in [3.8, 4) is 0 Å². The second kappa shape index (κ2) is 8.90. The maximum atomic E-state index is 10.4. The highest BCUT2D eigenvalue weighted by molar-refractivity contribution is 4.86. The summed E-state index contributed by atoms with van der Waals surface area (Å²) >= 11 is 0. The molecule has 1 aliphatic carbocycles. The number of unbranched alkanes of at least 4 members (excludes halogenated alkanes) is 1. The lowest BCUT2D eigenvalue weighted by Gasteiger charge is -2.35. The summed E-state index contributed by atoms with van der Waals surface area (Å²) < 4.78 is 5.37. The molecule has 1 unspecified atom stereocenters. The van der Waals surface area contributed by atoms with Gasteiger partial charge < -0.3 is 20.3 Å². The number of rotatable bonds is 9. The van der Waals surface area contributed by atoms with Gasteiger partial charge in [-0.25, -0.2) is 0 Å². The van der Waals surface area contributed by atoms with Crippen LogP contribution in [0.15, 0.2) is 0 Å². The van der Waals surface area contributed by atoms with Crippen molar-refractivity contribution in [3.05, 3.63) is 0 Å². The zero-order chi connectivity index (χ0) is 14.1. The van der Waals surface area contributed by atoms with E-state index in [1.165, 1.54) is 0 Å². The Kier molecular flexibility index (Phi) is 7.91. The molecule has 19 heavy (non-hydrogen) atoms. The summed E-state index contributed by atoms with van der Waals surface area (Å²) in [6.07, 6.45) is 5.59. The molecule has 4 heteroatoms. The molecule has 0 heterocycles. The Morgan fingerprint density at radius 2 is 2.05 bits per heavy atom. The van der Waals surface area contributed by atoms with Gasteiger partial charge in [0.25, 0.3) is 0 Å². The summed E-state index contributed by atoms with van der Waals surface area (Å²) in [7, 11) is 0. The Labute approximate surface area is 117 Å². The van der Waals surface area contributed by atoms with Gasteiger partial charge in [-0.3, -0.25) is 0 Å². The average molecular weight is 273 g/mol. The van der Waals surface area contributed by atoms with Gasteiger partial charge in [0.15, 0.2) is 0 Å². The molecule has 0 amide bonds. The molecule has 1 atom stereocenters. The Hall–Kier alpha value is -0.160. The first kappa shape index (κ1) is 16.9. The summed E-state index contributed by atoms with van der Waals surface area (Å²) in [5.41, 5.74) is -0.574. The van der Waals surface area contributed by atoms with Crippen LogP contribution in [-0.2, 0) is 4.74 Å². The maximum absolute atomic E-state index is 10.4. The van der Waals surface area contributed by atoms with E-state index in [0.29, 0.717) is 19.7 Å². The number of ether oxygens (including phenoxy) is 1. The molecule has 3 N–H and O–H groups in total. The monoisotopic (exact) mass is 273 g/mol. The van der Waals surface area contributed by atoms with Gasteiger partial charge in [0.1, 0.15) is 0 Å². The average Bonchev–Trinajstić information content (AvgIpc) is 2.39. The van der Waals surface area contributed by atoms with Crippen LogP contribution in [0.4, 0.5) is 0 Å². The zero-order valence-corrected chi connectivity index (χ0v) is 12.5. The van der Waals surface area contributed by atoms with Crippen LogP contribution in [0.1, 0.15) is 52.4 Å². The summed E-state index contributed by atoms with van der Waals surface area (Å²) in [6, 6.07) is 0. The van der Waals surface area contributed by atoms with Gasteiger partial charge in [-0.05, 0) is 38.0 Å². The van der Waals surface area contributed by atoms with Gasteiger partial charge in [0.05, 0.1) is 18.3 Å². The Bertz CT molecular complexity index is 227. The van der Waals surface area contributed by atoms with Crippen molar-refractivity contribution >= 4 is 0 Å². The summed E-state index contributed by atoms with van der Waals surface area (Å²) in [6.45, 7) is 6.52. The first-order valence-electron chi connectivity index (χ1n) is 7.74. The van der Waals surface area contributed by atoms with Crippen LogP contribution in [0.3, 0.4) is 0 Å². The summed E-state index contributed by atoms with van der Waals surface area (Å²) in [5, 5.41) is 23.3. The van der Waals surface area contributed by atoms with Crippen molar-refractivity contribution in [2.24, 2.45) is 5.92 Å². The number of hydrogen-bond donors (Lipinski definition) is 3. The number of aliphatic hydroxyl groups excluding tert-OH is 1. The van der Waals surface area contributed by atoms with Crippen LogP contribution in [0.5, 0.6) is 0 Å². The van der Waals surface area contributed by atoms with E-state index in [-0.39, 0.29) is 0 Å². The first-order chi connectivity index (χ1) is 9.06. The Morgan fingerprint density at radius 1 is 1.37 bits per heavy atom. The molecule has 1 aliphatic rings. The van der Waals surface area contributed by atoms with Crippen molar-refractivity contribution in [2.75, 3.05) is 26.3 Å². The second-order valence-electron chi connectivity index (χ2n) is 6.12. The van der Waals surface area contributed by atoms with Crippen LogP contribution in [0.25, 0.3) is 0 Å². The topological polar surface area (TPSA) is 61.7 Å². The van der Waals surface area contributed by atoms with Crippen LogP contribution in [0.2, 0.25) is 0 Å². The fraction of sp³-hybridized carbons (Fsp3) is 1.00. The third kappa shape index (κ3) is 7.25. The van der Waals surface area contributed by atoms with Crippen molar-refractivity contribution in [1.29, 1.82) is 0 Å². The van der Waals surface area contributed by atoms with Gasteiger partial charge in [-0.1, -0.05) is 20.3 Å². The van der Waals surface area contributed by atoms with Crippen LogP contribution >= 0.6 is 0 Å². The molecule has 0 bridgehead atoms. The van der Waals surface area contributed by atoms with Crippen molar-refractivity contribution in [3.63, 3.8) is 0 Å². The van der Waals surface area contributed by atoms with Crippen molar-refractivity contribution in [2.45, 2.75) is 64.1 Å². The molecule has 0 saturated heterocycles. The van der Waals surface area contributed by atoms with E-state index >= 15 is 0 Å². The highest BCUT2D eigenvalue weighted by Gasteiger charge is 2.31. The normalized spacial score (nSPS) is 29.4. The number of aliphatic hydroxyl groups is 2. The van der Waals surface area contributed by atoms with Gasteiger partial charge in [0, 0.05) is 19.7 Å². The lowest BCUT2D eigenvalue weighted by molar-refractivity contribution is -0.0118. The number of nitrogens with one attached hydrogen (secondary N) is 1. The highest BCUT2D eigenvalue weighted by Crippen LogP contribution is 2.31. The van der Waals surface area contributed by atoms with Gasteiger partial charge in [-0.15, -0.1) is 0 Å². The Balaban J connectivity index is 2.05. The quantitative estimate of drug-likeness (QED) is 0.560. The third-order valence-corrected chi connectivity index (χ3v) is 3.99. The molecule has 4 nitrogen and oxygen atoms in total. The van der Waals surface area contributed by atoms with Gasteiger partial charge in [0.2, 0.25) is 0 Å². The number of hydrogen-bond acceptors (Lipinski definition) is 4. The molecule has 1 rings (SSSR count). The lowest BCUT2D eigenvalue weighted by atomic mass is 9.79. The zero-order valence-electron chi connectivity index (χ0n) is 12.5. The minimum atomic E-state index is -0.574. The van der Waals surface area contributed by atoms with Gasteiger partial charge in [-0.2, -0.15) is 0 Å². The van der Waals surface area contributed by atoms with E-state index in [4.69, 9.17) is 4.74 Å². The van der Waals surface area contributed by atoms with E-state index in [0.717, 1.165) is 51.0 Å². The van der Waals surface area contributed by atoms with Crippen LogP contribution < -0.4 is 5.32 Å². The molecule has 0 aromatic rings. The minimum absolute atomic E-state index is 0.377. The van der Waals surface area contributed by atoms with Crippen molar-refractivity contribution in [1.82, 2.24) is 5.32 Å². The van der Waals surface area contributed by atoms with E-state index in [9.17, 15) is 10.2 Å². The summed E-state index contributed by atoms with van der Waals surface area (Å²) in [4.78, 5) is 0. The largest absolute Gasteiger partial charge is 0.389 e. The molecule has 0 aromatic carbocycles. The molecular weight excluding hydrogens is 242 g/mol. The molecule has 114 valence electrons. The molecule has 0 aromatic heterocycles. The minimum Gasteiger partial charge on any atom is -0.389 e. The molecule has 0 spiro atoms. The molecule has 1 fully saturated rings. The van der Waals surface area contributed by atoms with E-state index in [1.807, 2.05) is 0 Å². The summed E-state index contributed by atoms with van der Waals surface area (Å²) in [5.74, 6) is 0.734. The molecule has 0 radical (unpaired) electrons. The van der Waals surface area contributed by atoms with Crippen LogP contribution in [-0.4, -0.2) is 48.2 Å². The van der Waals surface area contributed by atoms with E-state index in [2.05, 4.69) is 19.2 Å². The fourth-order valence-corrected chi connectivity index (χ4v) is 2.47. The van der Waals surface area contributed by atoms with Crippen molar-refractivity contribution < 1.29 is 14.9 Å². The third-order valence-electron chi connectivity index (χ3n) is 3.99.